The first-order valence-electron chi connectivity index (χ1n) is 18.9. The Labute approximate surface area is 331 Å². The predicted octanol–water partition coefficient (Wildman–Crippen LogP) is 5.85. The molecule has 54 heavy (non-hydrogen) atoms. The minimum Gasteiger partial charge on any atom is -0.491 e. The minimum absolute atomic E-state index is 0.188. The number of rotatable bonds is 24. The average Bonchev–Trinajstić information content (AvgIpc) is 3.15. The van der Waals surface area contributed by atoms with E-state index in [-0.39, 0.29) is 28.9 Å². The summed E-state index contributed by atoms with van der Waals surface area (Å²) in [7, 11) is 1.89. The molecular formula is C40H52BrN5O7S. The van der Waals surface area contributed by atoms with Gasteiger partial charge in [-0.2, -0.15) is 0 Å². The SMILES string of the molecule is CN(CCCNc1nc(Cc2ccc(OCCOCCOCCOCCCc3ccc(SC4CCC(=O)NC4=O)cc3)cc2)ncc1Br)C(=O)C1CCC1. The highest BCUT2D eigenvalue weighted by Crippen LogP contribution is 2.29. The molecule has 3 aromatic rings. The molecule has 2 N–H and O–H groups in total. The van der Waals surface area contributed by atoms with Gasteiger partial charge in [-0.25, -0.2) is 9.97 Å². The van der Waals surface area contributed by atoms with Crippen LogP contribution >= 0.6 is 27.7 Å². The highest BCUT2D eigenvalue weighted by atomic mass is 79.9. The van der Waals surface area contributed by atoms with Crippen molar-refractivity contribution < 1.29 is 33.3 Å². The summed E-state index contributed by atoms with van der Waals surface area (Å²) in [5.74, 6) is 2.36. The first-order valence-corrected chi connectivity index (χ1v) is 20.6. The Hall–Kier alpha value is -3.56. The van der Waals surface area contributed by atoms with Gasteiger partial charge in [-0.3, -0.25) is 19.7 Å². The zero-order valence-corrected chi connectivity index (χ0v) is 33.5. The van der Waals surface area contributed by atoms with Crippen molar-refractivity contribution >= 4 is 51.2 Å². The number of halogens is 1. The Morgan fingerprint density at radius 2 is 1.59 bits per heavy atom. The second-order valence-electron chi connectivity index (χ2n) is 13.5. The number of carbonyl (C=O) groups excluding carboxylic acids is 3. The van der Waals surface area contributed by atoms with Crippen molar-refractivity contribution in [1.29, 1.82) is 0 Å². The maximum absolute atomic E-state index is 12.3. The molecule has 2 aliphatic rings. The van der Waals surface area contributed by atoms with Gasteiger partial charge in [-0.15, -0.1) is 11.8 Å². The van der Waals surface area contributed by atoms with Crippen LogP contribution in [0.4, 0.5) is 5.82 Å². The molecule has 1 saturated heterocycles. The third-order valence-corrected chi connectivity index (χ3v) is 11.1. The second kappa shape index (κ2) is 22.7. The van der Waals surface area contributed by atoms with Crippen molar-refractivity contribution in [3.63, 3.8) is 0 Å². The van der Waals surface area contributed by atoms with Crippen LogP contribution < -0.4 is 15.4 Å². The second-order valence-corrected chi connectivity index (χ2v) is 15.6. The summed E-state index contributed by atoms with van der Waals surface area (Å²) in [5.41, 5.74) is 2.30. The summed E-state index contributed by atoms with van der Waals surface area (Å²) in [6.45, 7) is 5.04. The predicted molar refractivity (Wildman–Crippen MR) is 212 cm³/mol. The zero-order valence-electron chi connectivity index (χ0n) is 31.1. The van der Waals surface area contributed by atoms with Crippen LogP contribution in [-0.2, 0) is 41.4 Å². The van der Waals surface area contributed by atoms with Crippen LogP contribution in [0.15, 0.2) is 64.1 Å². The van der Waals surface area contributed by atoms with Gasteiger partial charge >= 0.3 is 0 Å². The molecule has 1 atom stereocenters. The fourth-order valence-electron chi connectivity index (χ4n) is 5.92. The van der Waals surface area contributed by atoms with E-state index in [0.29, 0.717) is 72.1 Å². The lowest BCUT2D eigenvalue weighted by Gasteiger charge is -2.29. The standard InChI is InChI=1S/C40H52BrN5O7S/c1-46(40(49)31-6-2-7-31)19-4-18-42-38-34(41)28-43-36(44-38)27-30-8-12-32(13-9-30)53-26-25-52-24-23-51-22-21-50-20-3-5-29-10-14-33(15-11-29)54-35-16-17-37(47)45-39(35)48/h8-15,28,31,35H,2-7,16-27H2,1H3,(H,42,43,44)(H,45,47,48). The molecule has 0 bridgehead atoms. The molecule has 292 valence electrons. The van der Waals surface area contributed by atoms with Crippen LogP contribution in [0.5, 0.6) is 5.75 Å². The van der Waals surface area contributed by atoms with E-state index >= 15 is 0 Å². The van der Waals surface area contributed by atoms with Crippen LogP contribution in [0.25, 0.3) is 0 Å². The summed E-state index contributed by atoms with van der Waals surface area (Å²) in [5, 5.41) is 5.57. The van der Waals surface area contributed by atoms with Crippen molar-refractivity contribution in [1.82, 2.24) is 20.2 Å². The number of nitrogens with zero attached hydrogens (tertiary/aromatic N) is 3. The van der Waals surface area contributed by atoms with Crippen LogP contribution in [-0.4, -0.2) is 104 Å². The molecule has 2 heterocycles. The van der Waals surface area contributed by atoms with Gasteiger partial charge in [0.1, 0.15) is 24.0 Å². The summed E-state index contributed by atoms with van der Waals surface area (Å²) < 4.78 is 23.6. The van der Waals surface area contributed by atoms with Gasteiger partial charge in [0.05, 0.1) is 42.8 Å². The number of nitrogens with one attached hydrogen (secondary N) is 2. The molecule has 1 saturated carbocycles. The number of thioether (sulfide) groups is 1. The smallest absolute Gasteiger partial charge is 0.240 e. The molecule has 1 unspecified atom stereocenters. The molecule has 1 aliphatic carbocycles. The van der Waals surface area contributed by atoms with Crippen molar-refractivity contribution in [2.45, 2.75) is 67.9 Å². The third-order valence-electron chi connectivity index (χ3n) is 9.26. The molecule has 5 rings (SSSR count). The maximum atomic E-state index is 12.3. The first kappa shape index (κ1) is 41.6. The minimum atomic E-state index is -0.213. The van der Waals surface area contributed by atoms with Gasteiger partial charge in [0.25, 0.3) is 0 Å². The lowest BCUT2D eigenvalue weighted by Crippen LogP contribution is -2.42. The summed E-state index contributed by atoms with van der Waals surface area (Å²) in [6, 6.07) is 16.2. The average molecular weight is 827 g/mol. The van der Waals surface area contributed by atoms with Crippen LogP contribution in [0, 0.1) is 5.92 Å². The fraction of sp³-hybridized carbons (Fsp3) is 0.525. The van der Waals surface area contributed by atoms with Crippen LogP contribution in [0.2, 0.25) is 0 Å². The van der Waals surface area contributed by atoms with E-state index in [1.54, 1.807) is 6.20 Å². The molecule has 1 aromatic heterocycles. The van der Waals surface area contributed by atoms with E-state index in [1.807, 2.05) is 48.3 Å². The van der Waals surface area contributed by atoms with Crippen molar-refractivity contribution in [3.05, 3.63) is 76.2 Å². The Kier molecular flexibility index (Phi) is 17.5. The number of amides is 3. The molecule has 1 aliphatic heterocycles. The quantitative estimate of drug-likeness (QED) is 0.0831. The number of hydrogen-bond acceptors (Lipinski definition) is 11. The third kappa shape index (κ3) is 14.3. The number of benzene rings is 2. The van der Waals surface area contributed by atoms with Gasteiger partial charge < -0.3 is 29.2 Å². The Bertz CT molecular complexity index is 1630. The number of anilines is 1. The first-order chi connectivity index (χ1) is 26.3. The monoisotopic (exact) mass is 825 g/mol. The summed E-state index contributed by atoms with van der Waals surface area (Å²) >= 11 is 5.05. The lowest BCUT2D eigenvalue weighted by molar-refractivity contribution is -0.137. The van der Waals surface area contributed by atoms with Gasteiger partial charge in [0, 0.05) is 56.6 Å². The van der Waals surface area contributed by atoms with Crippen molar-refractivity contribution in [2.24, 2.45) is 5.92 Å². The van der Waals surface area contributed by atoms with E-state index in [0.717, 1.165) is 71.0 Å². The van der Waals surface area contributed by atoms with Gasteiger partial charge in [0.2, 0.25) is 17.7 Å². The Morgan fingerprint density at radius 3 is 2.28 bits per heavy atom. The Balaban J connectivity index is 0.841. The molecule has 0 radical (unpaired) electrons. The summed E-state index contributed by atoms with van der Waals surface area (Å²) in [4.78, 5) is 47.7. The molecule has 2 aromatic carbocycles. The number of imide groups is 1. The number of carbonyl (C=O) groups is 3. The fourth-order valence-corrected chi connectivity index (χ4v) is 7.28. The highest BCUT2D eigenvalue weighted by molar-refractivity contribution is 9.10. The molecule has 0 spiro atoms. The summed E-state index contributed by atoms with van der Waals surface area (Å²) in [6.07, 6.45) is 9.23. The molecular weight excluding hydrogens is 774 g/mol. The van der Waals surface area contributed by atoms with Crippen LogP contribution in [0.3, 0.4) is 0 Å². The van der Waals surface area contributed by atoms with E-state index in [4.69, 9.17) is 23.9 Å². The van der Waals surface area contributed by atoms with E-state index in [9.17, 15) is 14.4 Å². The maximum Gasteiger partial charge on any atom is 0.240 e. The molecule has 3 amide bonds. The molecule has 2 fully saturated rings. The van der Waals surface area contributed by atoms with Crippen LogP contribution in [0.1, 0.15) is 61.9 Å². The number of aromatic nitrogens is 2. The van der Waals surface area contributed by atoms with Gasteiger partial charge in [-0.1, -0.05) is 30.7 Å². The van der Waals surface area contributed by atoms with E-state index < -0.39 is 0 Å². The zero-order chi connectivity index (χ0) is 38.0. The largest absolute Gasteiger partial charge is 0.491 e. The van der Waals surface area contributed by atoms with Gasteiger partial charge in [0.15, 0.2) is 0 Å². The van der Waals surface area contributed by atoms with E-state index in [2.05, 4.69) is 43.7 Å². The Morgan fingerprint density at radius 1 is 0.907 bits per heavy atom. The number of aryl methyl sites for hydroxylation is 1. The molecule has 12 nitrogen and oxygen atoms in total. The van der Waals surface area contributed by atoms with E-state index in [1.165, 1.54) is 23.7 Å². The number of hydrogen-bond donors (Lipinski definition) is 2. The highest BCUT2D eigenvalue weighted by Gasteiger charge is 2.28. The topological polar surface area (TPSA) is 141 Å². The normalized spacial score (nSPS) is 15.8. The lowest BCUT2D eigenvalue weighted by atomic mass is 9.84. The van der Waals surface area contributed by atoms with Crippen molar-refractivity contribution in [2.75, 3.05) is 71.7 Å². The van der Waals surface area contributed by atoms with Crippen molar-refractivity contribution in [3.8, 4) is 5.75 Å². The van der Waals surface area contributed by atoms with Gasteiger partial charge in [-0.05, 0) is 89.8 Å². The molecule has 14 heteroatoms. The number of piperidine rings is 1. The number of ether oxygens (including phenoxy) is 4.